The van der Waals surface area contributed by atoms with Crippen molar-refractivity contribution in [3.05, 3.63) is 47.6 Å². The first kappa shape index (κ1) is 15.1. The van der Waals surface area contributed by atoms with E-state index in [-0.39, 0.29) is 22.8 Å². The van der Waals surface area contributed by atoms with Gasteiger partial charge >= 0.3 is 0 Å². The van der Waals surface area contributed by atoms with Crippen molar-refractivity contribution >= 4 is 40.7 Å². The molecule has 1 aromatic carbocycles. The molecule has 0 unspecified atom stereocenters. The van der Waals surface area contributed by atoms with Crippen molar-refractivity contribution in [1.82, 2.24) is 5.32 Å². The Bertz CT molecular complexity index is 638. The largest absolute Gasteiger partial charge is 0.377 e. The molecular weight excluding hydrogens is 284 g/mol. The highest BCUT2D eigenvalue weighted by Crippen LogP contribution is 2.19. The zero-order chi connectivity index (χ0) is 15.4. The van der Waals surface area contributed by atoms with Crippen molar-refractivity contribution in [3.63, 3.8) is 0 Å². The summed E-state index contributed by atoms with van der Waals surface area (Å²) in [5.41, 5.74) is 2.22. The summed E-state index contributed by atoms with van der Waals surface area (Å²) in [7, 11) is 3.92. The van der Waals surface area contributed by atoms with Crippen LogP contribution in [0.2, 0.25) is 0 Å². The summed E-state index contributed by atoms with van der Waals surface area (Å²) in [6.45, 7) is 0. The smallest absolute Gasteiger partial charge is 0.259 e. The molecule has 1 heterocycles. The number of nitrogens with zero attached hydrogens (tertiary/aromatic N) is 1. The number of nitrogens with one attached hydrogen (secondary N) is 1. The van der Waals surface area contributed by atoms with E-state index in [1.165, 1.54) is 6.08 Å². The molecule has 0 atom stereocenters. The molecule has 108 valence electrons. The van der Waals surface area contributed by atoms with Crippen molar-refractivity contribution in [2.24, 2.45) is 0 Å². The highest BCUT2D eigenvalue weighted by molar-refractivity contribution is 7.80. The molecule has 1 aliphatic heterocycles. The van der Waals surface area contributed by atoms with Gasteiger partial charge in [-0.05, 0) is 17.7 Å². The number of para-hydroxylation sites is 1. The Morgan fingerprint density at radius 2 is 1.95 bits per heavy atom. The third-order valence-electron chi connectivity index (χ3n) is 3.08. The maximum Gasteiger partial charge on any atom is 0.259 e. The van der Waals surface area contributed by atoms with Crippen LogP contribution < -0.4 is 10.2 Å². The van der Waals surface area contributed by atoms with Gasteiger partial charge in [0.05, 0.1) is 17.0 Å². The Morgan fingerprint density at radius 1 is 1.24 bits per heavy atom. The SMILES string of the molecule is CN(C)c1ccccc1/C=C/C=C1\C(=O)CC(=S)NC1=O. The minimum Gasteiger partial charge on any atom is -0.377 e. The molecule has 4 nitrogen and oxygen atoms in total. The van der Waals surface area contributed by atoms with E-state index < -0.39 is 5.91 Å². The summed E-state index contributed by atoms with van der Waals surface area (Å²) in [5.74, 6) is -0.670. The number of amides is 1. The molecule has 0 saturated carbocycles. The number of benzene rings is 1. The van der Waals surface area contributed by atoms with Gasteiger partial charge in [-0.25, -0.2) is 0 Å². The molecule has 0 radical (unpaired) electrons. The molecule has 21 heavy (non-hydrogen) atoms. The summed E-state index contributed by atoms with van der Waals surface area (Å²) in [6.07, 6.45) is 5.21. The quantitative estimate of drug-likeness (QED) is 0.528. The number of ketones is 1. The van der Waals surface area contributed by atoms with E-state index in [1.807, 2.05) is 49.3 Å². The second-order valence-electron chi connectivity index (χ2n) is 4.87. The Hall–Kier alpha value is -2.27. The maximum atomic E-state index is 11.8. The molecule has 2 rings (SSSR count). The van der Waals surface area contributed by atoms with E-state index in [0.29, 0.717) is 0 Å². The Balaban J connectivity index is 2.22. The first-order chi connectivity index (χ1) is 9.99. The minimum atomic E-state index is -0.429. The fourth-order valence-corrected chi connectivity index (χ4v) is 2.28. The lowest BCUT2D eigenvalue weighted by Gasteiger charge is -2.15. The molecule has 1 amide bonds. The number of piperidine rings is 1. The number of rotatable bonds is 3. The van der Waals surface area contributed by atoms with E-state index in [0.717, 1.165) is 11.3 Å². The number of Topliss-reactive ketones (excluding diaryl/α,β-unsaturated/α-hetero) is 1. The monoisotopic (exact) mass is 300 g/mol. The molecule has 0 aromatic heterocycles. The van der Waals surface area contributed by atoms with Gasteiger partial charge in [-0.15, -0.1) is 0 Å². The second kappa shape index (κ2) is 6.45. The Labute approximate surface area is 129 Å². The van der Waals surface area contributed by atoms with Crippen molar-refractivity contribution in [1.29, 1.82) is 0 Å². The number of hydrogen-bond acceptors (Lipinski definition) is 4. The number of carbonyl (C=O) groups excluding carboxylic acids is 2. The van der Waals surface area contributed by atoms with Crippen molar-refractivity contribution in [3.8, 4) is 0 Å². The summed E-state index contributed by atoms with van der Waals surface area (Å²) < 4.78 is 0. The van der Waals surface area contributed by atoms with E-state index in [9.17, 15) is 9.59 Å². The number of hydrogen-bond donors (Lipinski definition) is 1. The van der Waals surface area contributed by atoms with Gasteiger partial charge in [-0.2, -0.15) is 0 Å². The van der Waals surface area contributed by atoms with Crippen molar-refractivity contribution in [2.75, 3.05) is 19.0 Å². The Morgan fingerprint density at radius 3 is 2.62 bits per heavy atom. The summed E-state index contributed by atoms with van der Waals surface area (Å²) in [4.78, 5) is 25.8. The van der Waals surface area contributed by atoms with Crippen molar-refractivity contribution in [2.45, 2.75) is 6.42 Å². The molecule has 1 aromatic rings. The summed E-state index contributed by atoms with van der Waals surface area (Å²) in [5, 5.41) is 2.50. The van der Waals surface area contributed by atoms with E-state index in [1.54, 1.807) is 6.08 Å². The third-order valence-corrected chi connectivity index (χ3v) is 3.32. The van der Waals surface area contributed by atoms with Gasteiger partial charge in [0.2, 0.25) is 0 Å². The van der Waals surface area contributed by atoms with Crippen LogP contribution in [0.5, 0.6) is 0 Å². The van der Waals surface area contributed by atoms with Crippen LogP contribution in [0.3, 0.4) is 0 Å². The average Bonchev–Trinajstić information content (AvgIpc) is 2.42. The van der Waals surface area contributed by atoms with Crippen LogP contribution in [0.15, 0.2) is 42.0 Å². The van der Waals surface area contributed by atoms with Gasteiger partial charge in [-0.1, -0.05) is 42.6 Å². The summed E-state index contributed by atoms with van der Waals surface area (Å²) in [6, 6.07) is 7.88. The molecule has 0 bridgehead atoms. The van der Waals surface area contributed by atoms with Gasteiger partial charge in [0.15, 0.2) is 5.78 Å². The molecule has 1 aliphatic rings. The zero-order valence-corrected chi connectivity index (χ0v) is 12.7. The first-order valence-corrected chi connectivity index (χ1v) is 6.92. The fraction of sp³-hybridized carbons (Fsp3) is 0.188. The molecule has 1 N–H and O–H groups in total. The van der Waals surface area contributed by atoms with Gasteiger partial charge in [0.25, 0.3) is 5.91 Å². The Kier molecular flexibility index (Phi) is 4.65. The average molecular weight is 300 g/mol. The number of anilines is 1. The minimum absolute atomic E-state index is 0.0923. The predicted molar refractivity (Wildman–Crippen MR) is 88.3 cm³/mol. The maximum absolute atomic E-state index is 11.8. The lowest BCUT2D eigenvalue weighted by atomic mass is 10.0. The molecule has 1 saturated heterocycles. The third kappa shape index (κ3) is 3.64. The van der Waals surface area contributed by atoms with E-state index in [2.05, 4.69) is 5.32 Å². The van der Waals surface area contributed by atoms with Crippen LogP contribution >= 0.6 is 12.2 Å². The molecule has 5 heteroatoms. The number of thiocarbonyl (C=S) groups is 1. The molecule has 0 spiro atoms. The lowest BCUT2D eigenvalue weighted by Crippen LogP contribution is -2.39. The van der Waals surface area contributed by atoms with Crippen LogP contribution in [0.4, 0.5) is 5.69 Å². The first-order valence-electron chi connectivity index (χ1n) is 6.51. The fourth-order valence-electron chi connectivity index (χ4n) is 2.06. The van der Waals surface area contributed by atoms with E-state index in [4.69, 9.17) is 12.2 Å². The highest BCUT2D eigenvalue weighted by Gasteiger charge is 2.25. The van der Waals surface area contributed by atoms with Gasteiger partial charge in [0.1, 0.15) is 0 Å². The van der Waals surface area contributed by atoms with Crippen LogP contribution in [0, 0.1) is 0 Å². The van der Waals surface area contributed by atoms with Gasteiger partial charge in [0, 0.05) is 19.8 Å². The standard InChI is InChI=1S/C16H16N2O2S/c1-18(2)13-9-4-3-6-11(13)7-5-8-12-14(19)10-15(21)17-16(12)20/h3-9H,10H2,1-2H3,(H,17,20,21)/b7-5+,12-8+. The van der Waals surface area contributed by atoms with Gasteiger partial charge < -0.3 is 10.2 Å². The zero-order valence-electron chi connectivity index (χ0n) is 11.9. The van der Waals surface area contributed by atoms with Crippen LogP contribution in [0.1, 0.15) is 12.0 Å². The van der Waals surface area contributed by atoms with Gasteiger partial charge in [-0.3, -0.25) is 9.59 Å². The number of allylic oxidation sites excluding steroid dienone is 2. The second-order valence-corrected chi connectivity index (χ2v) is 5.36. The predicted octanol–water partition coefficient (Wildman–Crippen LogP) is 2.11. The lowest BCUT2D eigenvalue weighted by molar-refractivity contribution is -0.122. The molecule has 0 aliphatic carbocycles. The van der Waals surface area contributed by atoms with Crippen LogP contribution in [-0.2, 0) is 9.59 Å². The van der Waals surface area contributed by atoms with Crippen molar-refractivity contribution < 1.29 is 9.59 Å². The number of carbonyl (C=O) groups is 2. The highest BCUT2D eigenvalue weighted by atomic mass is 32.1. The van der Waals surface area contributed by atoms with Crippen LogP contribution in [-0.4, -0.2) is 30.8 Å². The van der Waals surface area contributed by atoms with E-state index >= 15 is 0 Å². The normalized spacial score (nSPS) is 17.4. The topological polar surface area (TPSA) is 49.4 Å². The van der Waals surface area contributed by atoms with Crippen LogP contribution in [0.25, 0.3) is 6.08 Å². The summed E-state index contributed by atoms with van der Waals surface area (Å²) >= 11 is 4.84. The molecular formula is C16H16N2O2S. The molecule has 1 fully saturated rings.